The number of rotatable bonds is 2. The summed E-state index contributed by atoms with van der Waals surface area (Å²) < 4.78 is 34.2. The maximum absolute atomic E-state index is 15.0. The first-order valence-electron chi connectivity index (χ1n) is 8.70. The predicted octanol–water partition coefficient (Wildman–Crippen LogP) is 3.54. The number of ether oxygens (including phenoxy) is 1. The number of amides is 1. The molecule has 1 heterocycles. The molecule has 1 aliphatic heterocycles. The number of anilines is 1. The molecule has 3 nitrogen and oxygen atoms in total. The van der Waals surface area contributed by atoms with Crippen LogP contribution in [0.4, 0.5) is 14.5 Å². The maximum Gasteiger partial charge on any atom is 0.286 e. The summed E-state index contributed by atoms with van der Waals surface area (Å²) in [7, 11) is 9.64. The fourth-order valence-electron chi connectivity index (χ4n) is 3.25. The summed E-state index contributed by atoms with van der Waals surface area (Å²) in [5.41, 5.74) is 0.556. The smallest absolute Gasteiger partial charge is 0.286 e. The zero-order valence-electron chi connectivity index (χ0n) is 16.4. The van der Waals surface area contributed by atoms with Crippen molar-refractivity contribution < 1.29 is 18.3 Å². The van der Waals surface area contributed by atoms with E-state index in [4.69, 9.17) is 11.2 Å². The molecule has 0 spiro atoms. The zero-order chi connectivity index (χ0) is 22.8. The summed E-state index contributed by atoms with van der Waals surface area (Å²) in [5.74, 6) is 0.806. The number of nitrogens with zero attached hydrogens (tertiary/aromatic N) is 1. The first-order chi connectivity index (χ1) is 13.7. The molecule has 0 bridgehead atoms. The van der Waals surface area contributed by atoms with Gasteiger partial charge in [-0.25, -0.2) is 8.78 Å². The van der Waals surface area contributed by atoms with E-state index in [9.17, 15) is 9.18 Å². The van der Waals surface area contributed by atoms with E-state index in [0.717, 1.165) is 0 Å². The minimum absolute atomic E-state index is 0.108. The van der Waals surface area contributed by atoms with Crippen LogP contribution >= 0.6 is 59.6 Å². The second-order valence-electron chi connectivity index (χ2n) is 7.45. The van der Waals surface area contributed by atoms with Gasteiger partial charge in [-0.05, 0) is 77.2 Å². The Bertz CT molecular complexity index is 1120. The molecule has 0 radical (unpaired) electrons. The van der Waals surface area contributed by atoms with E-state index in [2.05, 4.69) is 42.9 Å². The van der Waals surface area contributed by atoms with E-state index in [1.807, 2.05) is 22.6 Å². The van der Waals surface area contributed by atoms with E-state index in [0.29, 0.717) is 33.2 Å². The lowest BCUT2D eigenvalue weighted by Crippen LogP contribution is -2.57. The number of benzene rings is 2. The van der Waals surface area contributed by atoms with Crippen LogP contribution in [-0.2, 0) is 4.79 Å². The van der Waals surface area contributed by atoms with Crippen molar-refractivity contribution in [2.45, 2.75) is 29.7 Å². The molecule has 30 heavy (non-hydrogen) atoms. The average molecular weight is 595 g/mol. The minimum atomic E-state index is -1.24. The fraction of sp³-hybridized carbons (Fsp3) is 0.250. The van der Waals surface area contributed by atoms with Crippen LogP contribution in [0.15, 0.2) is 12.1 Å². The van der Waals surface area contributed by atoms with Gasteiger partial charge >= 0.3 is 0 Å². The number of terminal acetylenes is 1. The van der Waals surface area contributed by atoms with Crippen LogP contribution in [0.5, 0.6) is 5.75 Å². The molecule has 5 atom stereocenters. The van der Waals surface area contributed by atoms with Crippen molar-refractivity contribution in [1.29, 1.82) is 0 Å². The molecular weight excluding hydrogens is 575 g/mol. The van der Waals surface area contributed by atoms with Crippen molar-refractivity contribution in [3.8, 4) is 29.2 Å². The van der Waals surface area contributed by atoms with Crippen molar-refractivity contribution in [2.24, 2.45) is 0 Å². The van der Waals surface area contributed by atoms with Gasteiger partial charge in [-0.1, -0.05) is 15.2 Å². The third-order valence-electron chi connectivity index (χ3n) is 5.03. The second-order valence-corrected chi connectivity index (χ2v) is 12.8. The zero-order valence-corrected chi connectivity index (χ0v) is 23.2. The number of hydrogen-bond donors (Lipinski definition) is 0. The Balaban J connectivity index is 2.38. The molecule has 0 fully saturated rings. The highest BCUT2D eigenvalue weighted by Gasteiger charge is 2.48. The highest BCUT2D eigenvalue weighted by atomic mass is 127. The standard InChI is InChI=1S/C20H20F2INO2P4/c1-5-19(3,4)24-10-6-9(12(27)7-11(10)26-20(23,30)18(24)25)13-14(21)15(22)17(29)8(2)16(13)28/h1,6-7H,27-30H2,2-4H3. The van der Waals surface area contributed by atoms with E-state index >= 15 is 4.39 Å². The molecule has 0 aliphatic carbocycles. The van der Waals surface area contributed by atoms with Crippen molar-refractivity contribution in [1.82, 2.24) is 0 Å². The van der Waals surface area contributed by atoms with Gasteiger partial charge in [0.1, 0.15) is 11.3 Å². The van der Waals surface area contributed by atoms with Crippen molar-refractivity contribution in [3.05, 3.63) is 29.3 Å². The predicted molar refractivity (Wildman–Crippen MR) is 142 cm³/mol. The Kier molecular flexibility index (Phi) is 6.60. The van der Waals surface area contributed by atoms with Crippen LogP contribution in [-0.4, -0.2) is 14.8 Å². The molecule has 0 saturated heterocycles. The molecule has 0 N–H and O–H groups in total. The third-order valence-corrected chi connectivity index (χ3v) is 7.97. The van der Waals surface area contributed by atoms with Gasteiger partial charge in [-0.2, -0.15) is 0 Å². The van der Waals surface area contributed by atoms with Crippen LogP contribution < -0.4 is 25.6 Å². The summed E-state index contributed by atoms with van der Waals surface area (Å²) in [4.78, 5) is 14.6. The van der Waals surface area contributed by atoms with E-state index in [-0.39, 0.29) is 16.8 Å². The highest BCUT2D eigenvalue weighted by Crippen LogP contribution is 2.47. The number of alkyl halides is 1. The minimum Gasteiger partial charge on any atom is -0.462 e. The Morgan fingerprint density at radius 2 is 1.80 bits per heavy atom. The molecule has 5 unspecified atom stereocenters. The Hall–Kier alpha value is -0.420. The SMILES string of the molecule is C#CC(C)(C)N1C(=O)C(P)(I)Oc2cc(P)c(-c3c(F)c(F)c(P)c(C)c3P)cc21. The van der Waals surface area contributed by atoms with E-state index < -0.39 is 20.5 Å². The number of halogens is 3. The molecule has 3 rings (SSSR count). The molecule has 158 valence electrons. The topological polar surface area (TPSA) is 29.5 Å². The summed E-state index contributed by atoms with van der Waals surface area (Å²) in [6.07, 6.45) is 5.72. The van der Waals surface area contributed by atoms with Crippen molar-refractivity contribution in [2.75, 3.05) is 4.90 Å². The van der Waals surface area contributed by atoms with Gasteiger partial charge < -0.3 is 4.74 Å². The molecular formula is C20H20F2INO2P4. The molecule has 0 aromatic heterocycles. The summed E-state index contributed by atoms with van der Waals surface area (Å²) in [5, 5.41) is 1.30. The average Bonchev–Trinajstić information content (AvgIpc) is 2.66. The monoisotopic (exact) mass is 595 g/mol. The maximum atomic E-state index is 15.0. The van der Waals surface area contributed by atoms with Crippen LogP contribution in [0, 0.1) is 30.9 Å². The fourth-order valence-corrected chi connectivity index (χ4v) is 5.25. The number of hydrogen-bond acceptors (Lipinski definition) is 2. The molecule has 0 saturated carbocycles. The second kappa shape index (κ2) is 8.17. The Labute approximate surface area is 197 Å². The number of carbonyl (C=O) groups is 1. The van der Waals surface area contributed by atoms with Gasteiger partial charge in [0.2, 0.25) is 3.35 Å². The van der Waals surface area contributed by atoms with Gasteiger partial charge in [0.15, 0.2) is 11.6 Å². The summed E-state index contributed by atoms with van der Waals surface area (Å²) in [6.45, 7) is 5.19. The van der Waals surface area contributed by atoms with Gasteiger partial charge in [0.05, 0.1) is 5.69 Å². The first kappa shape index (κ1) is 24.2. The summed E-state index contributed by atoms with van der Waals surface area (Å²) in [6, 6.07) is 3.31. The van der Waals surface area contributed by atoms with Crippen molar-refractivity contribution >= 4 is 87.1 Å². The summed E-state index contributed by atoms with van der Waals surface area (Å²) >= 11 is 1.90. The molecule has 2 aromatic carbocycles. The van der Waals surface area contributed by atoms with Crippen LogP contribution in [0.1, 0.15) is 19.4 Å². The molecule has 1 amide bonds. The molecule has 10 heteroatoms. The van der Waals surface area contributed by atoms with Crippen molar-refractivity contribution in [3.63, 3.8) is 0 Å². The van der Waals surface area contributed by atoms with Crippen LogP contribution in [0.25, 0.3) is 11.1 Å². The normalized spacial score (nSPS) is 18.7. The van der Waals surface area contributed by atoms with E-state index in [1.165, 1.54) is 4.90 Å². The Morgan fingerprint density at radius 3 is 2.37 bits per heavy atom. The lowest BCUT2D eigenvalue weighted by atomic mass is 9.97. The lowest BCUT2D eigenvalue weighted by molar-refractivity contribution is -0.124. The van der Waals surface area contributed by atoms with Gasteiger partial charge in [-0.3, -0.25) is 9.69 Å². The molecule has 1 aliphatic rings. The largest absolute Gasteiger partial charge is 0.462 e. The van der Waals surface area contributed by atoms with Crippen LogP contribution in [0.2, 0.25) is 0 Å². The number of carbonyl (C=O) groups excluding carboxylic acids is 1. The highest BCUT2D eigenvalue weighted by molar-refractivity contribution is 14.1. The number of fused-ring (bicyclic) bond motifs is 1. The third kappa shape index (κ3) is 3.80. The molecule has 2 aromatic rings. The van der Waals surface area contributed by atoms with Gasteiger partial charge in [0.25, 0.3) is 5.91 Å². The van der Waals surface area contributed by atoms with Gasteiger partial charge in [0, 0.05) is 10.9 Å². The van der Waals surface area contributed by atoms with Gasteiger partial charge in [-0.15, -0.1) is 34.1 Å². The Morgan fingerprint density at radius 1 is 1.20 bits per heavy atom. The van der Waals surface area contributed by atoms with E-state index in [1.54, 1.807) is 32.9 Å². The lowest BCUT2D eigenvalue weighted by Gasteiger charge is -2.43. The van der Waals surface area contributed by atoms with Crippen LogP contribution in [0.3, 0.4) is 0 Å². The first-order valence-corrected chi connectivity index (χ1v) is 12.1. The quantitative estimate of drug-likeness (QED) is 0.230.